The third-order valence-corrected chi connectivity index (χ3v) is 5.94. The van der Waals surface area contributed by atoms with E-state index in [1.165, 1.54) is 0 Å². The largest absolute Gasteiger partial charge is 0.370 e. The minimum absolute atomic E-state index is 0.198. The lowest BCUT2D eigenvalue weighted by atomic mass is 9.98. The molecule has 7 nitrogen and oxygen atoms in total. The van der Waals surface area contributed by atoms with Gasteiger partial charge in [0.2, 0.25) is 5.91 Å². The maximum absolute atomic E-state index is 14.6. The molecule has 4 N–H and O–H groups in total. The summed E-state index contributed by atoms with van der Waals surface area (Å²) in [5.41, 5.74) is 14.6. The average molecular weight is 450 g/mol. The van der Waals surface area contributed by atoms with Gasteiger partial charge in [0.1, 0.15) is 12.4 Å². The van der Waals surface area contributed by atoms with E-state index in [2.05, 4.69) is 10.1 Å². The highest BCUT2D eigenvalue weighted by Crippen LogP contribution is 2.24. The molecule has 1 fully saturated rings. The molecule has 0 bridgehead atoms. The number of nitrogens with zero attached hydrogens (tertiary/aromatic N) is 3. The number of rotatable bonds is 7. The van der Waals surface area contributed by atoms with Crippen molar-refractivity contribution in [2.75, 3.05) is 13.1 Å². The maximum atomic E-state index is 14.6. The second-order valence-corrected chi connectivity index (χ2v) is 8.33. The van der Waals surface area contributed by atoms with Crippen LogP contribution < -0.4 is 11.5 Å². The van der Waals surface area contributed by atoms with Gasteiger partial charge in [0.05, 0.1) is 11.6 Å². The average Bonchev–Trinajstić information content (AvgIpc) is 3.30. The Balaban J connectivity index is 1.31. The molecule has 8 heteroatoms. The quantitative estimate of drug-likeness (QED) is 0.425. The molecule has 1 unspecified atom stereocenters. The highest BCUT2D eigenvalue weighted by Gasteiger charge is 2.25. The molecule has 0 spiro atoms. The molecule has 1 amide bonds. The van der Waals surface area contributed by atoms with Crippen molar-refractivity contribution in [1.29, 1.82) is 0 Å². The van der Waals surface area contributed by atoms with Crippen molar-refractivity contribution in [3.63, 3.8) is 0 Å². The van der Waals surface area contributed by atoms with Crippen LogP contribution in [0.15, 0.2) is 64.1 Å². The normalized spacial score (nSPS) is 16.7. The molecule has 4 rings (SSSR count). The SMILES string of the molecule is NC(=O)C1CCCN(C(N)=NCc2cc(CCc3ccc(-c4ccccc4)c(F)c3)no2)C1. The number of hydrogen-bond donors (Lipinski definition) is 2. The van der Waals surface area contributed by atoms with E-state index in [1.807, 2.05) is 53.4 Å². The second kappa shape index (κ2) is 10.3. The molecule has 0 saturated carbocycles. The van der Waals surface area contributed by atoms with E-state index in [9.17, 15) is 9.18 Å². The Kier molecular flexibility index (Phi) is 7.02. The zero-order valence-corrected chi connectivity index (χ0v) is 18.4. The van der Waals surface area contributed by atoms with Gasteiger partial charge >= 0.3 is 0 Å². The summed E-state index contributed by atoms with van der Waals surface area (Å²) in [5, 5.41) is 4.09. The van der Waals surface area contributed by atoms with Crippen molar-refractivity contribution >= 4 is 11.9 Å². The minimum Gasteiger partial charge on any atom is -0.370 e. The van der Waals surface area contributed by atoms with E-state index in [-0.39, 0.29) is 24.2 Å². The molecule has 1 aliphatic heterocycles. The number of amides is 1. The fourth-order valence-corrected chi connectivity index (χ4v) is 4.06. The Bertz CT molecular complexity index is 1130. The van der Waals surface area contributed by atoms with Crippen molar-refractivity contribution in [2.24, 2.45) is 22.4 Å². The number of primary amides is 1. The first kappa shape index (κ1) is 22.5. The van der Waals surface area contributed by atoms with E-state index in [0.29, 0.717) is 36.7 Å². The number of likely N-dealkylation sites (tertiary alicyclic amines) is 1. The molecule has 1 aliphatic rings. The summed E-state index contributed by atoms with van der Waals surface area (Å²) in [5.74, 6) is 0.230. The molecule has 2 aromatic carbocycles. The molecular formula is C25H28FN5O2. The molecule has 0 radical (unpaired) electrons. The summed E-state index contributed by atoms with van der Waals surface area (Å²) in [4.78, 5) is 17.7. The number of benzene rings is 2. The summed E-state index contributed by atoms with van der Waals surface area (Å²) in [6, 6.07) is 16.7. The first-order valence-corrected chi connectivity index (χ1v) is 11.1. The number of carbonyl (C=O) groups is 1. The van der Waals surface area contributed by atoms with E-state index >= 15 is 0 Å². The van der Waals surface area contributed by atoms with E-state index in [4.69, 9.17) is 16.0 Å². The first-order chi connectivity index (χ1) is 16.0. The number of piperidine rings is 1. The number of aliphatic imine (C=N–C) groups is 1. The second-order valence-electron chi connectivity index (χ2n) is 8.33. The van der Waals surface area contributed by atoms with Crippen LogP contribution in [0.3, 0.4) is 0 Å². The third-order valence-electron chi connectivity index (χ3n) is 5.94. The molecule has 33 heavy (non-hydrogen) atoms. The van der Waals surface area contributed by atoms with Crippen LogP contribution >= 0.6 is 0 Å². The standard InChI is InChI=1S/C25H28FN5O2/c26-23-13-17(9-11-22(23)18-5-2-1-3-6-18)8-10-20-14-21(33-30-20)15-29-25(28)31-12-4-7-19(16-31)24(27)32/h1-3,5-6,9,11,13-14,19H,4,7-8,10,12,15-16H2,(H2,27,32)(H2,28,29). The molecule has 1 aromatic heterocycles. The van der Waals surface area contributed by atoms with Gasteiger partial charge in [0.25, 0.3) is 0 Å². The lowest BCUT2D eigenvalue weighted by molar-refractivity contribution is -0.122. The summed E-state index contributed by atoms with van der Waals surface area (Å²) in [7, 11) is 0. The number of guanidine groups is 1. The fourth-order valence-electron chi connectivity index (χ4n) is 4.06. The Hall–Kier alpha value is -3.68. The highest BCUT2D eigenvalue weighted by molar-refractivity contribution is 5.81. The zero-order valence-electron chi connectivity index (χ0n) is 18.4. The van der Waals surface area contributed by atoms with Crippen LogP contribution in [0.1, 0.15) is 29.9 Å². The van der Waals surface area contributed by atoms with Crippen LogP contribution in [-0.2, 0) is 24.2 Å². The fraction of sp³-hybridized carbons (Fsp3) is 0.320. The number of carbonyl (C=O) groups excluding carboxylic acids is 1. The molecule has 2 heterocycles. The van der Waals surface area contributed by atoms with Gasteiger partial charge in [-0.15, -0.1) is 0 Å². The van der Waals surface area contributed by atoms with Crippen molar-refractivity contribution in [2.45, 2.75) is 32.2 Å². The Morgan fingerprint density at radius 3 is 2.73 bits per heavy atom. The summed E-state index contributed by atoms with van der Waals surface area (Å²) in [6.07, 6.45) is 2.90. The van der Waals surface area contributed by atoms with E-state index in [0.717, 1.165) is 36.2 Å². The highest BCUT2D eigenvalue weighted by atomic mass is 19.1. The van der Waals surface area contributed by atoms with Gasteiger partial charge in [0.15, 0.2) is 11.7 Å². The van der Waals surface area contributed by atoms with Crippen molar-refractivity contribution in [3.8, 4) is 11.1 Å². The molecular weight excluding hydrogens is 421 g/mol. The Morgan fingerprint density at radius 1 is 1.15 bits per heavy atom. The van der Waals surface area contributed by atoms with Gasteiger partial charge in [-0.25, -0.2) is 9.38 Å². The molecule has 1 saturated heterocycles. The van der Waals surface area contributed by atoms with Crippen LogP contribution in [-0.4, -0.2) is 35.0 Å². The van der Waals surface area contributed by atoms with Gasteiger partial charge in [-0.3, -0.25) is 4.79 Å². The van der Waals surface area contributed by atoms with E-state index < -0.39 is 0 Å². The third kappa shape index (κ3) is 5.77. The van der Waals surface area contributed by atoms with Crippen LogP contribution in [0.5, 0.6) is 0 Å². The zero-order chi connectivity index (χ0) is 23.2. The van der Waals surface area contributed by atoms with Crippen molar-refractivity contribution < 1.29 is 13.7 Å². The van der Waals surface area contributed by atoms with Gasteiger partial charge in [-0.05, 0) is 42.9 Å². The van der Waals surface area contributed by atoms with Crippen LogP contribution in [0.4, 0.5) is 4.39 Å². The van der Waals surface area contributed by atoms with Gasteiger partial charge in [-0.1, -0.05) is 47.6 Å². The van der Waals surface area contributed by atoms with Crippen LogP contribution in [0.2, 0.25) is 0 Å². The number of nitrogens with two attached hydrogens (primary N) is 2. The predicted molar refractivity (Wildman–Crippen MR) is 125 cm³/mol. The molecule has 0 aliphatic carbocycles. The molecule has 3 aromatic rings. The number of halogens is 1. The molecule has 172 valence electrons. The predicted octanol–water partition coefficient (Wildman–Crippen LogP) is 3.28. The van der Waals surface area contributed by atoms with E-state index in [1.54, 1.807) is 6.07 Å². The first-order valence-electron chi connectivity index (χ1n) is 11.1. The minimum atomic E-state index is -0.304. The lowest BCUT2D eigenvalue weighted by Gasteiger charge is -2.31. The summed E-state index contributed by atoms with van der Waals surface area (Å²) < 4.78 is 19.9. The van der Waals surface area contributed by atoms with Crippen LogP contribution in [0.25, 0.3) is 11.1 Å². The smallest absolute Gasteiger partial charge is 0.222 e. The topological polar surface area (TPSA) is 111 Å². The van der Waals surface area contributed by atoms with Gasteiger partial charge in [-0.2, -0.15) is 0 Å². The summed E-state index contributed by atoms with van der Waals surface area (Å²) in [6.45, 7) is 1.50. The number of aromatic nitrogens is 1. The monoisotopic (exact) mass is 449 g/mol. The summed E-state index contributed by atoms with van der Waals surface area (Å²) >= 11 is 0. The van der Waals surface area contributed by atoms with Crippen molar-refractivity contribution in [3.05, 3.63) is 77.4 Å². The number of aryl methyl sites for hydroxylation is 2. The Morgan fingerprint density at radius 2 is 1.97 bits per heavy atom. The van der Waals surface area contributed by atoms with Gasteiger partial charge < -0.3 is 20.9 Å². The lowest BCUT2D eigenvalue weighted by Crippen LogP contribution is -2.47. The number of hydrogen-bond acceptors (Lipinski definition) is 4. The van der Waals surface area contributed by atoms with Gasteiger partial charge in [0, 0.05) is 24.7 Å². The van der Waals surface area contributed by atoms with Crippen molar-refractivity contribution in [1.82, 2.24) is 10.1 Å². The Labute approximate surface area is 192 Å². The van der Waals surface area contributed by atoms with Crippen LogP contribution in [0, 0.1) is 11.7 Å². The maximum Gasteiger partial charge on any atom is 0.222 e. The molecule has 1 atom stereocenters.